The molecule has 1 N–H and O–H groups in total. The van der Waals surface area contributed by atoms with Gasteiger partial charge in [0.2, 0.25) is 5.88 Å². The summed E-state index contributed by atoms with van der Waals surface area (Å²) in [5, 5.41) is 2.54. The lowest BCUT2D eigenvalue weighted by Gasteiger charge is -2.09. The van der Waals surface area contributed by atoms with Crippen molar-refractivity contribution in [1.82, 2.24) is 0 Å². The summed E-state index contributed by atoms with van der Waals surface area (Å²) in [6.07, 6.45) is 10.6. The molecule has 4 heteroatoms. The van der Waals surface area contributed by atoms with Crippen LogP contribution < -0.4 is 5.32 Å². The highest BCUT2D eigenvalue weighted by Gasteiger charge is 2.11. The van der Waals surface area contributed by atoms with Crippen molar-refractivity contribution in [2.45, 2.75) is 12.8 Å². The van der Waals surface area contributed by atoms with Crippen LogP contribution in [0.25, 0.3) is 12.2 Å². The fourth-order valence-electron chi connectivity index (χ4n) is 1.87. The Morgan fingerprint density at radius 2 is 2.30 bits per heavy atom. The lowest BCUT2D eigenvalue weighted by atomic mass is 10.1. The summed E-state index contributed by atoms with van der Waals surface area (Å²) in [5.74, 6) is 0.882. The summed E-state index contributed by atoms with van der Waals surface area (Å²) in [4.78, 5) is 11.7. The Hall–Kier alpha value is -2.49. The van der Waals surface area contributed by atoms with Crippen LogP contribution in [-0.4, -0.2) is 12.7 Å². The zero-order valence-corrected chi connectivity index (χ0v) is 11.2. The fourth-order valence-corrected chi connectivity index (χ4v) is 1.87. The molecule has 0 aromatic carbocycles. The molecule has 1 aliphatic rings. The molecule has 0 bridgehead atoms. The van der Waals surface area contributed by atoms with Crippen LogP contribution in [0, 0.1) is 0 Å². The van der Waals surface area contributed by atoms with E-state index in [4.69, 9.17) is 9.15 Å². The highest BCUT2D eigenvalue weighted by atomic mass is 16.5. The molecule has 1 aliphatic carbocycles. The Bertz CT molecular complexity index is 553. The molecule has 1 heterocycles. The molecule has 0 unspecified atom stereocenters. The summed E-state index contributed by atoms with van der Waals surface area (Å²) in [7, 11) is 0. The number of anilines is 1. The third-order valence-electron chi connectivity index (χ3n) is 2.91. The van der Waals surface area contributed by atoms with Crippen LogP contribution in [0.4, 0.5) is 10.7 Å². The molecule has 0 atom stereocenters. The van der Waals surface area contributed by atoms with Gasteiger partial charge in [-0.25, -0.2) is 4.79 Å². The highest BCUT2D eigenvalue weighted by molar-refractivity contribution is 5.84. The van der Waals surface area contributed by atoms with Gasteiger partial charge in [0.15, 0.2) is 0 Å². The summed E-state index contributed by atoms with van der Waals surface area (Å²) in [6, 6.07) is 1.67. The van der Waals surface area contributed by atoms with E-state index in [-0.39, 0.29) is 0 Å². The second-order valence-electron chi connectivity index (χ2n) is 4.33. The van der Waals surface area contributed by atoms with Gasteiger partial charge in [-0.05, 0) is 24.5 Å². The first-order valence-corrected chi connectivity index (χ1v) is 6.40. The fraction of sp³-hybridized carbons (Fsp3) is 0.188. The summed E-state index contributed by atoms with van der Waals surface area (Å²) >= 11 is 0. The number of carbonyl (C=O) groups is 1. The number of ether oxygens (including phenoxy) is 1. The number of nitrogens with one attached hydrogen (secondary N) is 1. The minimum absolute atomic E-state index is 0.291. The summed E-state index contributed by atoms with van der Waals surface area (Å²) in [6.45, 7) is 7.59. The molecule has 0 spiro atoms. The van der Waals surface area contributed by atoms with Crippen LogP contribution in [0.5, 0.6) is 0 Å². The number of furan rings is 1. The van der Waals surface area contributed by atoms with Gasteiger partial charge in [0, 0.05) is 11.6 Å². The van der Waals surface area contributed by atoms with Crippen molar-refractivity contribution < 1.29 is 13.9 Å². The van der Waals surface area contributed by atoms with Crippen LogP contribution >= 0.6 is 0 Å². The quantitative estimate of drug-likeness (QED) is 0.864. The third-order valence-corrected chi connectivity index (χ3v) is 2.91. The molecule has 1 aromatic rings. The van der Waals surface area contributed by atoms with Crippen molar-refractivity contribution >= 4 is 24.1 Å². The summed E-state index contributed by atoms with van der Waals surface area (Å²) in [5.41, 5.74) is 1.87. The van der Waals surface area contributed by atoms with Gasteiger partial charge in [-0.15, -0.1) is 0 Å². The Balaban J connectivity index is 1.89. The van der Waals surface area contributed by atoms with Crippen molar-refractivity contribution in [2.75, 3.05) is 11.9 Å². The molecular weight excluding hydrogens is 254 g/mol. The maximum atomic E-state index is 11.7. The first kappa shape index (κ1) is 13.9. The van der Waals surface area contributed by atoms with E-state index < -0.39 is 6.09 Å². The van der Waals surface area contributed by atoms with E-state index in [2.05, 4.69) is 24.6 Å². The second-order valence-corrected chi connectivity index (χ2v) is 4.33. The largest absolute Gasteiger partial charge is 0.445 e. The predicted octanol–water partition coefficient (Wildman–Crippen LogP) is 4.39. The number of hydrogen-bond donors (Lipinski definition) is 1. The van der Waals surface area contributed by atoms with Crippen molar-refractivity contribution in [3.63, 3.8) is 0 Å². The van der Waals surface area contributed by atoms with Crippen LogP contribution in [0.2, 0.25) is 0 Å². The Morgan fingerprint density at radius 1 is 1.45 bits per heavy atom. The minimum Gasteiger partial charge on any atom is -0.445 e. The van der Waals surface area contributed by atoms with Crippen LogP contribution in [0.15, 0.2) is 47.4 Å². The second kappa shape index (κ2) is 6.61. The lowest BCUT2D eigenvalue weighted by Crippen LogP contribution is -2.15. The molecule has 20 heavy (non-hydrogen) atoms. The normalized spacial score (nSPS) is 13.5. The average Bonchev–Trinajstić information content (AvgIpc) is 2.88. The van der Waals surface area contributed by atoms with Crippen LogP contribution in [0.3, 0.4) is 0 Å². The Morgan fingerprint density at radius 3 is 2.90 bits per heavy atom. The van der Waals surface area contributed by atoms with Gasteiger partial charge in [-0.1, -0.05) is 37.5 Å². The molecule has 1 aromatic heterocycles. The first-order chi connectivity index (χ1) is 9.72. The molecule has 0 saturated heterocycles. The molecule has 4 nitrogen and oxygen atoms in total. The van der Waals surface area contributed by atoms with E-state index in [9.17, 15) is 4.79 Å². The summed E-state index contributed by atoms with van der Waals surface area (Å²) < 4.78 is 10.5. The van der Waals surface area contributed by atoms with Crippen molar-refractivity contribution in [3.05, 3.63) is 54.3 Å². The molecule has 0 fully saturated rings. The highest BCUT2D eigenvalue weighted by Crippen LogP contribution is 2.22. The van der Waals surface area contributed by atoms with Gasteiger partial charge >= 0.3 is 6.09 Å². The van der Waals surface area contributed by atoms with Gasteiger partial charge < -0.3 is 9.15 Å². The molecular formula is C16H17NO3. The first-order valence-electron chi connectivity index (χ1n) is 6.40. The SMILES string of the molecule is C=Cc1cc(NC(=O)OCC2=CC=CCC2)oc1C=C. The van der Waals surface area contributed by atoms with Crippen LogP contribution in [0.1, 0.15) is 24.2 Å². The number of carbonyl (C=O) groups excluding carboxylic acids is 1. The van der Waals surface area contributed by atoms with Crippen molar-refractivity contribution in [1.29, 1.82) is 0 Å². The van der Waals surface area contributed by atoms with E-state index in [1.165, 1.54) is 0 Å². The molecule has 104 valence electrons. The molecule has 0 radical (unpaired) electrons. The van der Waals surface area contributed by atoms with E-state index in [0.717, 1.165) is 24.0 Å². The van der Waals surface area contributed by atoms with Gasteiger partial charge in [-0.3, -0.25) is 5.32 Å². The van der Waals surface area contributed by atoms with E-state index in [1.54, 1.807) is 18.2 Å². The van der Waals surface area contributed by atoms with E-state index in [0.29, 0.717) is 18.3 Å². The average molecular weight is 271 g/mol. The van der Waals surface area contributed by atoms with Crippen molar-refractivity contribution in [3.8, 4) is 0 Å². The van der Waals surface area contributed by atoms with Crippen molar-refractivity contribution in [2.24, 2.45) is 0 Å². The monoisotopic (exact) mass is 271 g/mol. The molecule has 1 amide bonds. The topological polar surface area (TPSA) is 51.5 Å². The van der Waals surface area contributed by atoms with Gasteiger partial charge in [0.05, 0.1) is 0 Å². The molecule has 2 rings (SSSR count). The van der Waals surface area contributed by atoms with Crippen LogP contribution in [-0.2, 0) is 4.74 Å². The zero-order chi connectivity index (χ0) is 14.4. The minimum atomic E-state index is -0.541. The number of rotatable bonds is 5. The third kappa shape index (κ3) is 3.51. The van der Waals surface area contributed by atoms with Gasteiger partial charge in [0.25, 0.3) is 0 Å². The lowest BCUT2D eigenvalue weighted by molar-refractivity contribution is 0.170. The van der Waals surface area contributed by atoms with Gasteiger partial charge in [-0.2, -0.15) is 0 Å². The number of amides is 1. The zero-order valence-electron chi connectivity index (χ0n) is 11.2. The number of hydrogen-bond acceptors (Lipinski definition) is 3. The molecule has 0 aliphatic heterocycles. The van der Waals surface area contributed by atoms with E-state index in [1.807, 2.05) is 12.2 Å². The number of allylic oxidation sites excluding steroid dienone is 3. The molecule has 0 saturated carbocycles. The standard InChI is InChI=1S/C16H17NO3/c1-3-13-10-15(20-14(13)4-2)17-16(18)19-11-12-8-6-5-7-9-12/h3-6,8,10H,1-2,7,9,11H2,(H,17,18). The smallest absolute Gasteiger partial charge is 0.414 e. The Kier molecular flexibility index (Phi) is 4.60. The predicted molar refractivity (Wildman–Crippen MR) is 80.3 cm³/mol. The maximum absolute atomic E-state index is 11.7. The Labute approximate surface area is 118 Å². The maximum Gasteiger partial charge on any atom is 0.414 e. The van der Waals surface area contributed by atoms with E-state index >= 15 is 0 Å². The van der Waals surface area contributed by atoms with Gasteiger partial charge in [0.1, 0.15) is 12.4 Å².